The molecule has 7 nitrogen and oxygen atoms in total. The maximum absolute atomic E-state index is 5.48. The Balaban J connectivity index is 1.36. The van der Waals surface area contributed by atoms with E-state index in [1.165, 1.54) is 16.8 Å². The lowest BCUT2D eigenvalue weighted by Crippen LogP contribution is -2.36. The van der Waals surface area contributed by atoms with E-state index in [4.69, 9.17) is 9.72 Å². The number of allylic oxidation sites excluding steroid dienone is 3. The summed E-state index contributed by atoms with van der Waals surface area (Å²) in [5, 5.41) is 3.50. The van der Waals surface area contributed by atoms with E-state index in [2.05, 4.69) is 69.6 Å². The Hall–Kier alpha value is -3.97. The summed E-state index contributed by atoms with van der Waals surface area (Å²) in [6, 6.07) is 12.7. The summed E-state index contributed by atoms with van der Waals surface area (Å²) in [6.45, 7) is 5.58. The minimum Gasteiger partial charge on any atom is -0.378 e. The number of imidazole rings is 1. The molecule has 0 radical (unpaired) electrons. The van der Waals surface area contributed by atoms with Crippen LogP contribution in [-0.4, -0.2) is 45.7 Å². The van der Waals surface area contributed by atoms with Crippen LogP contribution in [0.2, 0.25) is 0 Å². The van der Waals surface area contributed by atoms with Gasteiger partial charge in [0.15, 0.2) is 11.5 Å². The number of morpholine rings is 1. The third-order valence-corrected chi connectivity index (χ3v) is 6.59. The van der Waals surface area contributed by atoms with E-state index in [0.717, 1.165) is 73.3 Å². The molecule has 3 aromatic heterocycles. The van der Waals surface area contributed by atoms with Crippen molar-refractivity contribution in [2.75, 3.05) is 36.5 Å². The molecular weight excluding hydrogens is 436 g/mol. The van der Waals surface area contributed by atoms with E-state index in [9.17, 15) is 0 Å². The fourth-order valence-corrected chi connectivity index (χ4v) is 4.67. The predicted octanol–water partition coefficient (Wildman–Crippen LogP) is 5.14. The number of pyridine rings is 1. The molecule has 1 aliphatic heterocycles. The van der Waals surface area contributed by atoms with Crippen LogP contribution in [0.3, 0.4) is 0 Å². The number of benzene rings is 1. The molecule has 6 rings (SSSR count). The van der Waals surface area contributed by atoms with E-state index >= 15 is 0 Å². The van der Waals surface area contributed by atoms with Gasteiger partial charge in [0.25, 0.3) is 0 Å². The molecule has 2 aliphatic rings. The topological polar surface area (TPSA) is 67.6 Å². The molecule has 4 aromatic rings. The normalized spacial score (nSPS) is 16.2. The van der Waals surface area contributed by atoms with Crippen molar-refractivity contribution in [3.8, 4) is 0 Å². The van der Waals surface area contributed by atoms with Gasteiger partial charge in [0.05, 0.1) is 24.6 Å². The number of fused-ring (bicyclic) bond motifs is 2. The summed E-state index contributed by atoms with van der Waals surface area (Å²) in [5.74, 6) is 0.724. The van der Waals surface area contributed by atoms with Crippen LogP contribution in [0.15, 0.2) is 72.8 Å². The van der Waals surface area contributed by atoms with Gasteiger partial charge in [-0.3, -0.25) is 4.98 Å². The van der Waals surface area contributed by atoms with Crippen LogP contribution in [0, 0.1) is 0 Å². The Kier molecular flexibility index (Phi) is 5.76. The predicted molar refractivity (Wildman–Crippen MR) is 140 cm³/mol. The first-order valence-electron chi connectivity index (χ1n) is 12.1. The highest BCUT2D eigenvalue weighted by atomic mass is 16.5. The van der Waals surface area contributed by atoms with Crippen molar-refractivity contribution in [1.82, 2.24) is 19.4 Å². The Labute approximate surface area is 204 Å². The van der Waals surface area contributed by atoms with Gasteiger partial charge in [-0.1, -0.05) is 17.7 Å². The Bertz CT molecular complexity index is 1410. The third-order valence-electron chi connectivity index (χ3n) is 6.59. The monoisotopic (exact) mass is 464 g/mol. The van der Waals surface area contributed by atoms with Crippen LogP contribution < -0.4 is 10.2 Å². The molecule has 1 saturated heterocycles. The van der Waals surface area contributed by atoms with Gasteiger partial charge in [-0.15, -0.1) is 0 Å². The number of ether oxygens (including phenoxy) is 1. The molecule has 1 fully saturated rings. The van der Waals surface area contributed by atoms with Gasteiger partial charge < -0.3 is 19.4 Å². The zero-order valence-corrected chi connectivity index (χ0v) is 19.8. The summed E-state index contributed by atoms with van der Waals surface area (Å²) >= 11 is 0. The summed E-state index contributed by atoms with van der Waals surface area (Å²) in [7, 11) is 0. The SMILES string of the molecule is CC1=CC(c2cn3ccnc3c(Nc3ccc(N4CCOCC4)cc3)n2)=Cc2ncccc2CC1. The number of aromatic nitrogens is 4. The second-order valence-corrected chi connectivity index (χ2v) is 9.04. The molecule has 1 aromatic carbocycles. The second kappa shape index (κ2) is 9.35. The number of aryl methyl sites for hydroxylation is 1. The van der Waals surface area contributed by atoms with Gasteiger partial charge in [-0.25, -0.2) is 9.97 Å². The average molecular weight is 465 g/mol. The van der Waals surface area contributed by atoms with Crippen molar-refractivity contribution in [2.45, 2.75) is 19.8 Å². The number of hydrogen-bond acceptors (Lipinski definition) is 6. The number of anilines is 3. The lowest BCUT2D eigenvalue weighted by Gasteiger charge is -2.28. The molecular formula is C28H28N6O. The van der Waals surface area contributed by atoms with E-state index in [1.54, 1.807) is 6.20 Å². The van der Waals surface area contributed by atoms with Crippen LogP contribution in [0.5, 0.6) is 0 Å². The van der Waals surface area contributed by atoms with Gasteiger partial charge in [0.2, 0.25) is 0 Å². The van der Waals surface area contributed by atoms with Crippen molar-refractivity contribution in [3.05, 3.63) is 89.8 Å². The first-order chi connectivity index (χ1) is 17.2. The Morgan fingerprint density at radius 2 is 1.80 bits per heavy atom. The summed E-state index contributed by atoms with van der Waals surface area (Å²) in [4.78, 5) is 16.5. The average Bonchev–Trinajstić information content (AvgIpc) is 3.37. The zero-order valence-electron chi connectivity index (χ0n) is 19.8. The first kappa shape index (κ1) is 21.6. The molecule has 0 bridgehead atoms. The number of rotatable bonds is 4. The van der Waals surface area contributed by atoms with E-state index in [-0.39, 0.29) is 0 Å². The standard InChI is InChI=1S/C28H28N6O/c1-20-4-5-21-3-2-10-29-25(21)18-22(17-20)26-19-34-12-11-30-28(34)27(32-26)31-23-6-8-24(9-7-23)33-13-15-35-16-14-33/h2-3,6-12,17-19H,4-5,13-16H2,1H3,(H,31,32). The van der Waals surface area contributed by atoms with Crippen molar-refractivity contribution in [1.29, 1.82) is 0 Å². The zero-order chi connectivity index (χ0) is 23.6. The van der Waals surface area contributed by atoms with Gasteiger partial charge in [-0.05, 0) is 61.7 Å². The maximum Gasteiger partial charge on any atom is 0.180 e. The molecule has 0 unspecified atom stereocenters. The summed E-state index contributed by atoms with van der Waals surface area (Å²) < 4.78 is 7.50. The van der Waals surface area contributed by atoms with Crippen LogP contribution in [0.4, 0.5) is 17.2 Å². The van der Waals surface area contributed by atoms with Crippen molar-refractivity contribution in [2.24, 2.45) is 0 Å². The quantitative estimate of drug-likeness (QED) is 0.451. The fourth-order valence-electron chi connectivity index (χ4n) is 4.67. The number of hydrogen-bond donors (Lipinski definition) is 1. The molecule has 0 amide bonds. The van der Waals surface area contributed by atoms with Gasteiger partial charge in [-0.2, -0.15) is 0 Å². The Morgan fingerprint density at radius 1 is 0.943 bits per heavy atom. The van der Waals surface area contributed by atoms with Crippen LogP contribution in [-0.2, 0) is 11.2 Å². The molecule has 0 spiro atoms. The second-order valence-electron chi connectivity index (χ2n) is 9.04. The van der Waals surface area contributed by atoms with E-state index < -0.39 is 0 Å². The van der Waals surface area contributed by atoms with Crippen LogP contribution >= 0.6 is 0 Å². The lowest BCUT2D eigenvalue weighted by molar-refractivity contribution is 0.122. The van der Waals surface area contributed by atoms with E-state index in [0.29, 0.717) is 0 Å². The minimum atomic E-state index is 0.724. The van der Waals surface area contributed by atoms with Crippen LogP contribution in [0.1, 0.15) is 30.3 Å². The third kappa shape index (κ3) is 4.55. The van der Waals surface area contributed by atoms with Gasteiger partial charge in [0.1, 0.15) is 0 Å². The fraction of sp³-hybridized carbons (Fsp3) is 0.250. The number of nitrogens with zero attached hydrogens (tertiary/aromatic N) is 5. The smallest absolute Gasteiger partial charge is 0.180 e. The molecule has 7 heteroatoms. The molecule has 4 heterocycles. The van der Waals surface area contributed by atoms with Gasteiger partial charge >= 0.3 is 0 Å². The molecule has 1 aliphatic carbocycles. The highest BCUT2D eigenvalue weighted by Crippen LogP contribution is 2.29. The molecule has 35 heavy (non-hydrogen) atoms. The molecule has 1 N–H and O–H groups in total. The van der Waals surface area contributed by atoms with Gasteiger partial charge in [0, 0.05) is 54.8 Å². The summed E-state index contributed by atoms with van der Waals surface area (Å²) in [5.41, 5.74) is 8.49. The highest BCUT2D eigenvalue weighted by molar-refractivity contribution is 5.87. The maximum atomic E-state index is 5.48. The van der Waals surface area contributed by atoms with E-state index in [1.807, 2.05) is 29.1 Å². The molecule has 176 valence electrons. The summed E-state index contributed by atoms with van der Waals surface area (Å²) in [6.07, 6.45) is 14.0. The van der Waals surface area contributed by atoms with Crippen LogP contribution in [0.25, 0.3) is 17.3 Å². The number of nitrogens with one attached hydrogen (secondary N) is 1. The lowest BCUT2D eigenvalue weighted by atomic mass is 9.96. The minimum absolute atomic E-state index is 0.724. The van der Waals surface area contributed by atoms with Crippen molar-refractivity contribution < 1.29 is 4.74 Å². The Morgan fingerprint density at radius 3 is 2.66 bits per heavy atom. The first-order valence-corrected chi connectivity index (χ1v) is 12.1. The highest BCUT2D eigenvalue weighted by Gasteiger charge is 2.15. The van der Waals surface area contributed by atoms with Crippen molar-refractivity contribution >= 4 is 34.5 Å². The molecule has 0 saturated carbocycles. The van der Waals surface area contributed by atoms with Crippen molar-refractivity contribution in [3.63, 3.8) is 0 Å². The largest absolute Gasteiger partial charge is 0.378 e. The molecule has 0 atom stereocenters.